The summed E-state index contributed by atoms with van der Waals surface area (Å²) in [6, 6.07) is 3.42. The highest BCUT2D eigenvalue weighted by atomic mass is 19.1. The van der Waals surface area contributed by atoms with Crippen LogP contribution >= 0.6 is 0 Å². The van der Waals surface area contributed by atoms with Crippen molar-refractivity contribution in [1.29, 1.82) is 0 Å². The van der Waals surface area contributed by atoms with Gasteiger partial charge in [-0.3, -0.25) is 0 Å². The van der Waals surface area contributed by atoms with Gasteiger partial charge in [0.2, 0.25) is 0 Å². The number of halogens is 1. The van der Waals surface area contributed by atoms with Gasteiger partial charge < -0.3 is 20.1 Å². The number of aliphatic hydroxyl groups excluding tert-OH is 3. The second-order valence-corrected chi connectivity index (χ2v) is 3.42. The first-order valence-electron chi connectivity index (χ1n) is 4.84. The Bertz CT molecular complexity index is 407. The first kappa shape index (κ1) is 13.6. The number of carbonyl (C=O) groups excluding carboxylic acids is 1. The van der Waals surface area contributed by atoms with Crippen molar-refractivity contribution in [2.75, 3.05) is 7.11 Å². The van der Waals surface area contributed by atoms with Gasteiger partial charge in [0.1, 0.15) is 11.9 Å². The number of esters is 1. The number of ether oxygens (including phenoxy) is 1. The van der Waals surface area contributed by atoms with Crippen LogP contribution in [-0.2, 0) is 16.1 Å². The maximum atomic E-state index is 13.1. The lowest BCUT2D eigenvalue weighted by atomic mass is 10.0. The van der Waals surface area contributed by atoms with E-state index < -0.39 is 30.6 Å². The monoisotopic (exact) mass is 244 g/mol. The van der Waals surface area contributed by atoms with E-state index >= 15 is 0 Å². The molecule has 2 atom stereocenters. The third-order valence-electron chi connectivity index (χ3n) is 2.32. The van der Waals surface area contributed by atoms with Crippen LogP contribution in [0.3, 0.4) is 0 Å². The van der Waals surface area contributed by atoms with Crippen LogP contribution in [0.1, 0.15) is 17.2 Å². The second kappa shape index (κ2) is 5.72. The maximum absolute atomic E-state index is 13.1. The zero-order valence-electron chi connectivity index (χ0n) is 9.13. The van der Waals surface area contributed by atoms with Crippen molar-refractivity contribution in [2.24, 2.45) is 0 Å². The molecule has 0 aromatic heterocycles. The van der Waals surface area contributed by atoms with Gasteiger partial charge in [-0.1, -0.05) is 6.07 Å². The predicted molar refractivity (Wildman–Crippen MR) is 55.3 cm³/mol. The molecule has 0 aliphatic rings. The van der Waals surface area contributed by atoms with Gasteiger partial charge in [0.05, 0.1) is 13.7 Å². The van der Waals surface area contributed by atoms with Crippen molar-refractivity contribution in [1.82, 2.24) is 0 Å². The number of methoxy groups -OCH3 is 1. The molecular formula is C11H13FO5. The molecule has 0 heterocycles. The van der Waals surface area contributed by atoms with Crippen LogP contribution in [0.15, 0.2) is 18.2 Å². The molecule has 0 saturated heterocycles. The summed E-state index contributed by atoms with van der Waals surface area (Å²) in [4.78, 5) is 11.0. The number of carbonyl (C=O) groups is 1. The minimum atomic E-state index is -1.75. The van der Waals surface area contributed by atoms with E-state index in [4.69, 9.17) is 5.11 Å². The zero-order valence-corrected chi connectivity index (χ0v) is 9.13. The SMILES string of the molecule is COC(=O)C(O)C(O)c1ccc(F)c(CO)c1. The number of benzene rings is 1. The highest BCUT2D eigenvalue weighted by molar-refractivity contribution is 5.75. The Morgan fingerprint density at radius 2 is 2.12 bits per heavy atom. The van der Waals surface area contributed by atoms with Crippen LogP contribution in [0, 0.1) is 5.82 Å². The topological polar surface area (TPSA) is 87.0 Å². The minimum absolute atomic E-state index is 0.0291. The average molecular weight is 244 g/mol. The third-order valence-corrected chi connectivity index (χ3v) is 2.32. The predicted octanol–water partition coefficient (Wildman–Crippen LogP) is -0.115. The number of hydrogen-bond acceptors (Lipinski definition) is 5. The van der Waals surface area contributed by atoms with E-state index in [1.165, 1.54) is 12.1 Å². The standard InChI is InChI=1S/C11H13FO5/c1-17-11(16)10(15)9(14)6-2-3-8(12)7(4-6)5-13/h2-4,9-10,13-15H,5H2,1H3. The molecule has 0 amide bonds. The molecular weight excluding hydrogens is 231 g/mol. The van der Waals surface area contributed by atoms with E-state index in [1.807, 2.05) is 0 Å². The van der Waals surface area contributed by atoms with Crippen molar-refractivity contribution in [3.63, 3.8) is 0 Å². The summed E-state index contributed by atoms with van der Waals surface area (Å²) in [5.74, 6) is -1.62. The Morgan fingerprint density at radius 3 is 2.65 bits per heavy atom. The summed E-state index contributed by atoms with van der Waals surface area (Å²) in [7, 11) is 1.07. The van der Waals surface area contributed by atoms with Gasteiger partial charge in [-0.25, -0.2) is 9.18 Å². The Labute approximate surface area is 97.1 Å². The van der Waals surface area contributed by atoms with Crippen molar-refractivity contribution in [3.05, 3.63) is 35.1 Å². The van der Waals surface area contributed by atoms with Crippen LogP contribution < -0.4 is 0 Å². The molecule has 6 heteroatoms. The summed E-state index contributed by atoms with van der Waals surface area (Å²) in [5.41, 5.74) is 0.0898. The number of hydrogen-bond donors (Lipinski definition) is 3. The molecule has 94 valence electrons. The lowest BCUT2D eigenvalue weighted by Gasteiger charge is -2.16. The van der Waals surface area contributed by atoms with Crippen molar-refractivity contribution in [3.8, 4) is 0 Å². The van der Waals surface area contributed by atoms with Gasteiger partial charge in [-0.05, 0) is 17.7 Å². The van der Waals surface area contributed by atoms with Crippen molar-refractivity contribution >= 4 is 5.97 Å². The van der Waals surface area contributed by atoms with E-state index in [1.54, 1.807) is 0 Å². The summed E-state index contributed by atoms with van der Waals surface area (Å²) >= 11 is 0. The van der Waals surface area contributed by atoms with Crippen LogP contribution in [-0.4, -0.2) is 34.5 Å². The van der Waals surface area contributed by atoms with Crippen LogP contribution in [0.2, 0.25) is 0 Å². The maximum Gasteiger partial charge on any atom is 0.337 e. The highest BCUT2D eigenvalue weighted by Gasteiger charge is 2.26. The second-order valence-electron chi connectivity index (χ2n) is 3.42. The average Bonchev–Trinajstić information content (AvgIpc) is 2.36. The first-order valence-corrected chi connectivity index (χ1v) is 4.84. The van der Waals surface area contributed by atoms with E-state index in [9.17, 15) is 19.4 Å². The fourth-order valence-corrected chi connectivity index (χ4v) is 1.33. The Hall–Kier alpha value is -1.50. The zero-order chi connectivity index (χ0) is 13.0. The molecule has 3 N–H and O–H groups in total. The van der Waals surface area contributed by atoms with Gasteiger partial charge in [0.25, 0.3) is 0 Å². The Morgan fingerprint density at radius 1 is 1.47 bits per heavy atom. The van der Waals surface area contributed by atoms with Gasteiger partial charge in [0.15, 0.2) is 6.10 Å². The lowest BCUT2D eigenvalue weighted by Crippen LogP contribution is -2.29. The number of rotatable bonds is 4. The van der Waals surface area contributed by atoms with E-state index in [0.29, 0.717) is 0 Å². The molecule has 1 aromatic rings. The largest absolute Gasteiger partial charge is 0.467 e. The van der Waals surface area contributed by atoms with Crippen molar-refractivity contribution < 1.29 is 29.2 Å². The van der Waals surface area contributed by atoms with Crippen LogP contribution in [0.25, 0.3) is 0 Å². The fraction of sp³-hybridized carbons (Fsp3) is 0.364. The van der Waals surface area contributed by atoms with Gasteiger partial charge in [-0.2, -0.15) is 0 Å². The van der Waals surface area contributed by atoms with Crippen LogP contribution in [0.5, 0.6) is 0 Å². The molecule has 17 heavy (non-hydrogen) atoms. The van der Waals surface area contributed by atoms with Gasteiger partial charge >= 0.3 is 5.97 Å². The summed E-state index contributed by atoms with van der Waals surface area (Å²) in [6.07, 6.45) is -3.29. The summed E-state index contributed by atoms with van der Waals surface area (Å²) in [5, 5.41) is 27.9. The van der Waals surface area contributed by atoms with E-state index in [0.717, 1.165) is 13.2 Å². The molecule has 0 saturated carbocycles. The molecule has 0 aliphatic carbocycles. The molecule has 0 radical (unpaired) electrons. The Balaban J connectivity index is 2.96. The molecule has 2 unspecified atom stereocenters. The Kier molecular flexibility index (Phi) is 4.56. The number of aliphatic hydroxyl groups is 3. The highest BCUT2D eigenvalue weighted by Crippen LogP contribution is 2.20. The molecule has 0 aliphatic heterocycles. The van der Waals surface area contributed by atoms with Crippen molar-refractivity contribution in [2.45, 2.75) is 18.8 Å². The normalized spacial score (nSPS) is 14.2. The minimum Gasteiger partial charge on any atom is -0.467 e. The van der Waals surface area contributed by atoms with E-state index in [2.05, 4.69) is 4.74 Å². The fourth-order valence-electron chi connectivity index (χ4n) is 1.33. The summed E-state index contributed by atoms with van der Waals surface area (Å²) < 4.78 is 17.3. The van der Waals surface area contributed by atoms with E-state index in [-0.39, 0.29) is 11.1 Å². The van der Waals surface area contributed by atoms with Crippen LogP contribution in [0.4, 0.5) is 4.39 Å². The molecule has 0 spiro atoms. The molecule has 0 fully saturated rings. The molecule has 0 bridgehead atoms. The smallest absolute Gasteiger partial charge is 0.337 e. The first-order chi connectivity index (χ1) is 8.01. The summed E-state index contributed by atoms with van der Waals surface area (Å²) in [6.45, 7) is -0.541. The molecule has 1 rings (SSSR count). The third kappa shape index (κ3) is 3.00. The molecule has 1 aromatic carbocycles. The lowest BCUT2D eigenvalue weighted by molar-refractivity contribution is -0.156. The quantitative estimate of drug-likeness (QED) is 0.643. The molecule has 5 nitrogen and oxygen atoms in total. The van der Waals surface area contributed by atoms with Gasteiger partial charge in [-0.15, -0.1) is 0 Å². The van der Waals surface area contributed by atoms with Gasteiger partial charge in [0, 0.05) is 5.56 Å².